The molecule has 1 aromatic rings. The van der Waals surface area contributed by atoms with Crippen molar-refractivity contribution >= 4 is 40.6 Å². The first-order valence-corrected chi connectivity index (χ1v) is 7.14. The number of thioether (sulfide) groups is 1. The van der Waals surface area contributed by atoms with E-state index in [0.29, 0.717) is 10.7 Å². The summed E-state index contributed by atoms with van der Waals surface area (Å²) in [5.41, 5.74) is 8.46. The second-order valence-corrected chi connectivity index (χ2v) is 6.08. The Kier molecular flexibility index (Phi) is 5.62. The van der Waals surface area contributed by atoms with Crippen molar-refractivity contribution in [3.8, 4) is 0 Å². The number of nitrogens with two attached hydrogens (primary N) is 1. The Morgan fingerprint density at radius 3 is 2.78 bits per heavy atom. The summed E-state index contributed by atoms with van der Waals surface area (Å²) in [5.74, 6) is 0.501. The van der Waals surface area contributed by atoms with Crippen molar-refractivity contribution in [1.82, 2.24) is 0 Å². The number of thiocarbonyl (C=S) groups is 1. The average molecular weight is 282 g/mol. The fraction of sp³-hybridized carbons (Fsp3) is 0.385. The lowest BCUT2D eigenvalue weighted by Crippen LogP contribution is -2.25. The van der Waals surface area contributed by atoms with Gasteiger partial charge in [-0.2, -0.15) is 0 Å². The van der Waals surface area contributed by atoms with Crippen LogP contribution in [-0.4, -0.2) is 21.9 Å². The second-order valence-electron chi connectivity index (χ2n) is 4.23. The van der Waals surface area contributed by atoms with Crippen LogP contribution in [0.15, 0.2) is 18.2 Å². The molecular weight excluding hydrogens is 264 g/mol. The number of aryl methyl sites for hydroxylation is 2. The molecule has 1 unspecified atom stereocenters. The first kappa shape index (κ1) is 15.0. The summed E-state index contributed by atoms with van der Waals surface area (Å²) in [7, 11) is 0. The average Bonchev–Trinajstić information content (AvgIpc) is 2.30. The van der Waals surface area contributed by atoms with Crippen LogP contribution in [0.3, 0.4) is 0 Å². The van der Waals surface area contributed by atoms with Gasteiger partial charge in [-0.25, -0.2) is 0 Å². The van der Waals surface area contributed by atoms with E-state index >= 15 is 0 Å². The topological polar surface area (TPSA) is 55.1 Å². The lowest BCUT2D eigenvalue weighted by atomic mass is 10.1. The van der Waals surface area contributed by atoms with Crippen molar-refractivity contribution in [1.29, 1.82) is 0 Å². The zero-order chi connectivity index (χ0) is 13.7. The zero-order valence-electron chi connectivity index (χ0n) is 10.8. The lowest BCUT2D eigenvalue weighted by molar-refractivity contribution is -0.115. The van der Waals surface area contributed by atoms with Gasteiger partial charge in [0, 0.05) is 11.4 Å². The van der Waals surface area contributed by atoms with Gasteiger partial charge in [0.25, 0.3) is 0 Å². The van der Waals surface area contributed by atoms with E-state index in [2.05, 4.69) is 5.32 Å². The van der Waals surface area contributed by atoms with Crippen LogP contribution in [0.5, 0.6) is 0 Å². The minimum Gasteiger partial charge on any atom is -0.393 e. The van der Waals surface area contributed by atoms with E-state index < -0.39 is 0 Å². The van der Waals surface area contributed by atoms with Crippen LogP contribution in [0.25, 0.3) is 0 Å². The molecule has 0 aliphatic carbocycles. The smallest absolute Gasteiger partial charge is 0.237 e. The molecule has 0 spiro atoms. The number of hydrogen-bond donors (Lipinski definition) is 2. The minimum atomic E-state index is -0.175. The van der Waals surface area contributed by atoms with E-state index in [1.165, 1.54) is 11.8 Å². The summed E-state index contributed by atoms with van der Waals surface area (Å²) in [5, 5.41) is 2.76. The fourth-order valence-corrected chi connectivity index (χ4v) is 2.22. The standard InChI is InChI=1S/C13H18N2OS2/c1-8-4-5-9(2)11(6-8)15-13(16)10(3)18-7-12(14)17/h4-6,10H,7H2,1-3H3,(H2,14,17)(H,15,16). The highest BCUT2D eigenvalue weighted by Gasteiger charge is 2.14. The van der Waals surface area contributed by atoms with Gasteiger partial charge in [0.2, 0.25) is 5.91 Å². The molecule has 0 saturated carbocycles. The summed E-state index contributed by atoms with van der Waals surface area (Å²) in [6.45, 7) is 5.82. The predicted octanol–water partition coefficient (Wildman–Crippen LogP) is 2.65. The van der Waals surface area contributed by atoms with Crippen LogP contribution in [0.2, 0.25) is 0 Å². The molecule has 0 aromatic heterocycles. The zero-order valence-corrected chi connectivity index (χ0v) is 12.5. The number of nitrogens with one attached hydrogen (secondary N) is 1. The van der Waals surface area contributed by atoms with Crippen molar-refractivity contribution in [2.45, 2.75) is 26.0 Å². The number of carbonyl (C=O) groups excluding carboxylic acids is 1. The van der Waals surface area contributed by atoms with Crippen molar-refractivity contribution in [3.05, 3.63) is 29.3 Å². The molecule has 0 aliphatic rings. The van der Waals surface area contributed by atoms with Gasteiger partial charge in [-0.3, -0.25) is 4.79 Å². The van der Waals surface area contributed by atoms with Gasteiger partial charge in [-0.15, -0.1) is 11.8 Å². The van der Waals surface area contributed by atoms with Gasteiger partial charge in [0.15, 0.2) is 0 Å². The van der Waals surface area contributed by atoms with E-state index in [9.17, 15) is 4.79 Å². The molecule has 0 heterocycles. The maximum Gasteiger partial charge on any atom is 0.237 e. The number of amides is 1. The highest BCUT2D eigenvalue weighted by atomic mass is 32.2. The highest BCUT2D eigenvalue weighted by molar-refractivity contribution is 8.02. The van der Waals surface area contributed by atoms with Gasteiger partial charge in [-0.1, -0.05) is 24.4 Å². The largest absolute Gasteiger partial charge is 0.393 e. The van der Waals surface area contributed by atoms with Gasteiger partial charge in [0.1, 0.15) is 0 Å². The monoisotopic (exact) mass is 282 g/mol. The van der Waals surface area contributed by atoms with Crippen LogP contribution in [0, 0.1) is 13.8 Å². The molecule has 1 amide bonds. The Balaban J connectivity index is 2.63. The van der Waals surface area contributed by atoms with Gasteiger partial charge in [0.05, 0.1) is 10.2 Å². The summed E-state index contributed by atoms with van der Waals surface area (Å²) < 4.78 is 0. The Morgan fingerprint density at radius 2 is 2.17 bits per heavy atom. The number of benzene rings is 1. The van der Waals surface area contributed by atoms with E-state index in [0.717, 1.165) is 16.8 Å². The van der Waals surface area contributed by atoms with Gasteiger partial charge >= 0.3 is 0 Å². The Bertz CT molecular complexity index is 460. The Hall–Kier alpha value is -1.07. The molecule has 1 aromatic carbocycles. The summed E-state index contributed by atoms with van der Waals surface area (Å²) in [4.78, 5) is 12.4. The second kappa shape index (κ2) is 6.75. The Labute approximate surface area is 118 Å². The van der Waals surface area contributed by atoms with E-state index in [4.69, 9.17) is 18.0 Å². The van der Waals surface area contributed by atoms with Crippen molar-refractivity contribution in [2.75, 3.05) is 11.1 Å². The number of hydrogen-bond acceptors (Lipinski definition) is 3. The number of carbonyl (C=O) groups is 1. The van der Waals surface area contributed by atoms with E-state index in [1.54, 1.807) is 0 Å². The van der Waals surface area contributed by atoms with Crippen LogP contribution < -0.4 is 11.1 Å². The van der Waals surface area contributed by atoms with Gasteiger partial charge < -0.3 is 11.1 Å². The van der Waals surface area contributed by atoms with Gasteiger partial charge in [-0.05, 0) is 38.0 Å². The molecule has 1 rings (SSSR count). The first-order valence-electron chi connectivity index (χ1n) is 5.68. The quantitative estimate of drug-likeness (QED) is 0.815. The molecule has 0 radical (unpaired) electrons. The molecule has 0 fully saturated rings. The molecule has 3 nitrogen and oxygen atoms in total. The van der Waals surface area contributed by atoms with Crippen LogP contribution in [0.1, 0.15) is 18.1 Å². The summed E-state index contributed by atoms with van der Waals surface area (Å²) in [6, 6.07) is 5.99. The molecule has 1 atom stereocenters. The molecule has 0 aliphatic heterocycles. The Morgan fingerprint density at radius 1 is 1.50 bits per heavy atom. The minimum absolute atomic E-state index is 0.0232. The third-order valence-electron chi connectivity index (χ3n) is 2.50. The molecular formula is C13H18N2OS2. The first-order chi connectivity index (χ1) is 8.40. The SMILES string of the molecule is Cc1ccc(C)c(NC(=O)C(C)SCC(N)=S)c1. The highest BCUT2D eigenvalue weighted by Crippen LogP contribution is 2.18. The third kappa shape index (κ3) is 4.66. The van der Waals surface area contributed by atoms with Crippen molar-refractivity contribution in [3.63, 3.8) is 0 Å². The van der Waals surface area contributed by atoms with Crippen molar-refractivity contribution < 1.29 is 4.79 Å². The molecule has 5 heteroatoms. The number of anilines is 1. The van der Waals surface area contributed by atoms with Crippen LogP contribution >= 0.6 is 24.0 Å². The molecule has 0 saturated heterocycles. The fourth-order valence-electron chi connectivity index (χ4n) is 1.39. The van der Waals surface area contributed by atoms with Crippen LogP contribution in [-0.2, 0) is 4.79 Å². The summed E-state index contributed by atoms with van der Waals surface area (Å²) in [6.07, 6.45) is 0. The molecule has 98 valence electrons. The lowest BCUT2D eigenvalue weighted by Gasteiger charge is -2.13. The third-order valence-corrected chi connectivity index (χ3v) is 4.01. The molecule has 18 heavy (non-hydrogen) atoms. The normalized spacial score (nSPS) is 11.9. The van der Waals surface area contributed by atoms with E-state index in [1.807, 2.05) is 39.0 Å². The maximum absolute atomic E-state index is 12.0. The molecule has 0 bridgehead atoms. The number of rotatable bonds is 5. The molecule has 3 N–H and O–H groups in total. The van der Waals surface area contributed by atoms with E-state index in [-0.39, 0.29) is 11.2 Å². The predicted molar refractivity (Wildman–Crippen MR) is 83.3 cm³/mol. The maximum atomic E-state index is 12.0. The van der Waals surface area contributed by atoms with Crippen LogP contribution in [0.4, 0.5) is 5.69 Å². The summed E-state index contributed by atoms with van der Waals surface area (Å²) >= 11 is 6.24. The van der Waals surface area contributed by atoms with Crippen molar-refractivity contribution in [2.24, 2.45) is 5.73 Å².